The maximum absolute atomic E-state index is 12.3. The molecule has 0 radical (unpaired) electrons. The van der Waals surface area contributed by atoms with Crippen molar-refractivity contribution in [3.05, 3.63) is 65.7 Å². The molecule has 0 bridgehead atoms. The van der Waals surface area contributed by atoms with Crippen molar-refractivity contribution in [3.8, 4) is 0 Å². The number of carbonyl (C=O) groups is 1. The fourth-order valence-electron chi connectivity index (χ4n) is 2.37. The third-order valence-electron chi connectivity index (χ3n) is 3.64. The zero-order valence-electron chi connectivity index (χ0n) is 12.5. The Kier molecular flexibility index (Phi) is 5.12. The number of aliphatic hydroxyl groups is 1. The zero-order valence-corrected chi connectivity index (χ0v) is 12.5. The predicted octanol–water partition coefficient (Wildman–Crippen LogP) is 3.45. The first-order valence-corrected chi connectivity index (χ1v) is 7.29. The van der Waals surface area contributed by atoms with Gasteiger partial charge in [0.1, 0.15) is 6.10 Å². The first-order valence-electron chi connectivity index (χ1n) is 7.29. The van der Waals surface area contributed by atoms with Gasteiger partial charge in [0.25, 0.3) is 0 Å². The highest BCUT2D eigenvalue weighted by Gasteiger charge is 2.18. The molecular formula is C18H21NO2. The maximum Gasteiger partial charge on any atom is 0.195 e. The summed E-state index contributed by atoms with van der Waals surface area (Å²) in [6.07, 6.45) is -1.11. The molecule has 0 saturated carbocycles. The molecule has 21 heavy (non-hydrogen) atoms. The van der Waals surface area contributed by atoms with Gasteiger partial charge in [0.05, 0.1) is 0 Å². The molecule has 2 aromatic carbocycles. The molecule has 3 heteroatoms. The van der Waals surface area contributed by atoms with Crippen LogP contribution in [0, 0.1) is 0 Å². The van der Waals surface area contributed by atoms with E-state index in [4.69, 9.17) is 0 Å². The van der Waals surface area contributed by atoms with Crippen LogP contribution in [0.15, 0.2) is 54.6 Å². The number of aliphatic hydroxyl groups excluding tert-OH is 1. The average Bonchev–Trinajstić information content (AvgIpc) is 2.56. The summed E-state index contributed by atoms with van der Waals surface area (Å²) in [5, 5.41) is 10.2. The zero-order chi connectivity index (χ0) is 15.2. The van der Waals surface area contributed by atoms with E-state index < -0.39 is 6.10 Å². The first kappa shape index (κ1) is 15.3. The molecule has 0 aliphatic heterocycles. The molecular weight excluding hydrogens is 262 g/mol. The van der Waals surface area contributed by atoms with E-state index in [1.807, 2.05) is 30.3 Å². The Hall–Kier alpha value is -2.13. The van der Waals surface area contributed by atoms with Crippen LogP contribution < -0.4 is 4.90 Å². The highest BCUT2D eigenvalue weighted by atomic mass is 16.3. The van der Waals surface area contributed by atoms with Crippen LogP contribution in [0.5, 0.6) is 0 Å². The molecule has 0 aliphatic rings. The van der Waals surface area contributed by atoms with Gasteiger partial charge in [-0.25, -0.2) is 0 Å². The topological polar surface area (TPSA) is 40.5 Å². The number of Topliss-reactive ketones (excluding diaryl/α,β-unsaturated/α-hetero) is 1. The van der Waals surface area contributed by atoms with Gasteiger partial charge in [-0.15, -0.1) is 0 Å². The van der Waals surface area contributed by atoms with Gasteiger partial charge in [0.2, 0.25) is 0 Å². The van der Waals surface area contributed by atoms with E-state index in [9.17, 15) is 9.90 Å². The van der Waals surface area contributed by atoms with Gasteiger partial charge in [-0.3, -0.25) is 4.79 Å². The van der Waals surface area contributed by atoms with Crippen LogP contribution in [0.2, 0.25) is 0 Å². The van der Waals surface area contributed by atoms with E-state index >= 15 is 0 Å². The molecule has 1 atom stereocenters. The minimum absolute atomic E-state index is 0.271. The van der Waals surface area contributed by atoms with Crippen molar-refractivity contribution in [1.82, 2.24) is 0 Å². The molecule has 1 unspecified atom stereocenters. The summed E-state index contributed by atoms with van der Waals surface area (Å²) in [7, 11) is 0. The third kappa shape index (κ3) is 3.50. The number of rotatable bonds is 6. The SMILES string of the molecule is CCN(CC)c1ccc(C(=O)C(O)c2ccccc2)cc1. The normalized spacial score (nSPS) is 12.0. The van der Waals surface area contributed by atoms with Crippen LogP contribution in [-0.2, 0) is 0 Å². The second-order valence-electron chi connectivity index (χ2n) is 4.90. The van der Waals surface area contributed by atoms with Crippen molar-refractivity contribution in [3.63, 3.8) is 0 Å². The quantitative estimate of drug-likeness (QED) is 0.825. The van der Waals surface area contributed by atoms with Crippen LogP contribution in [0.3, 0.4) is 0 Å². The lowest BCUT2D eigenvalue weighted by molar-refractivity contribution is 0.0747. The predicted molar refractivity (Wildman–Crippen MR) is 85.7 cm³/mol. The summed E-state index contributed by atoms with van der Waals surface area (Å²) in [4.78, 5) is 14.5. The Bertz CT molecular complexity index is 574. The van der Waals surface area contributed by atoms with Gasteiger partial charge >= 0.3 is 0 Å². The van der Waals surface area contributed by atoms with Gasteiger partial charge in [-0.05, 0) is 43.7 Å². The van der Waals surface area contributed by atoms with E-state index in [1.165, 1.54) is 0 Å². The fraction of sp³-hybridized carbons (Fsp3) is 0.278. The van der Waals surface area contributed by atoms with E-state index in [1.54, 1.807) is 24.3 Å². The van der Waals surface area contributed by atoms with Gasteiger partial charge in [-0.1, -0.05) is 30.3 Å². The Morgan fingerprint density at radius 3 is 2.10 bits per heavy atom. The second-order valence-corrected chi connectivity index (χ2v) is 4.90. The van der Waals surface area contributed by atoms with Crippen LogP contribution >= 0.6 is 0 Å². The standard InChI is InChI=1S/C18H21NO2/c1-3-19(4-2)16-12-10-15(11-13-16)18(21)17(20)14-8-6-5-7-9-14/h5-13,17,20H,3-4H2,1-2H3. The van der Waals surface area contributed by atoms with Gasteiger partial charge in [-0.2, -0.15) is 0 Å². The van der Waals surface area contributed by atoms with Crippen molar-refractivity contribution < 1.29 is 9.90 Å². The monoisotopic (exact) mass is 283 g/mol. The molecule has 2 rings (SSSR count). The number of nitrogens with zero attached hydrogens (tertiary/aromatic N) is 1. The van der Waals surface area contributed by atoms with Crippen molar-refractivity contribution in [2.45, 2.75) is 20.0 Å². The highest BCUT2D eigenvalue weighted by molar-refractivity contribution is 6.00. The molecule has 0 amide bonds. The van der Waals surface area contributed by atoms with Gasteiger partial charge in [0, 0.05) is 24.3 Å². The summed E-state index contributed by atoms with van der Waals surface area (Å²) in [5.41, 5.74) is 2.24. The third-order valence-corrected chi connectivity index (χ3v) is 3.64. The largest absolute Gasteiger partial charge is 0.380 e. The van der Waals surface area contributed by atoms with E-state index in [0.717, 1.165) is 18.8 Å². The molecule has 0 aliphatic carbocycles. The first-order chi connectivity index (χ1) is 10.2. The molecule has 3 nitrogen and oxygen atoms in total. The minimum atomic E-state index is -1.11. The molecule has 2 aromatic rings. The Morgan fingerprint density at radius 2 is 1.57 bits per heavy atom. The van der Waals surface area contributed by atoms with Gasteiger partial charge in [0.15, 0.2) is 5.78 Å². The van der Waals surface area contributed by atoms with Crippen LogP contribution in [-0.4, -0.2) is 24.0 Å². The number of anilines is 1. The summed E-state index contributed by atoms with van der Waals surface area (Å²) in [6.45, 7) is 6.05. The average molecular weight is 283 g/mol. The molecule has 110 valence electrons. The number of ketones is 1. The van der Waals surface area contributed by atoms with E-state index in [2.05, 4.69) is 18.7 Å². The molecule has 0 saturated heterocycles. The van der Waals surface area contributed by atoms with E-state index in [-0.39, 0.29) is 5.78 Å². The second kappa shape index (κ2) is 7.04. The summed E-state index contributed by atoms with van der Waals surface area (Å²) in [6, 6.07) is 16.4. The Balaban J connectivity index is 2.17. The summed E-state index contributed by atoms with van der Waals surface area (Å²) < 4.78 is 0. The lowest BCUT2D eigenvalue weighted by atomic mass is 10.00. The van der Waals surface area contributed by atoms with Gasteiger partial charge < -0.3 is 10.0 Å². The maximum atomic E-state index is 12.3. The Morgan fingerprint density at radius 1 is 1.00 bits per heavy atom. The van der Waals surface area contributed by atoms with Crippen molar-refractivity contribution in [2.75, 3.05) is 18.0 Å². The van der Waals surface area contributed by atoms with Crippen LogP contribution in [0.4, 0.5) is 5.69 Å². The number of carbonyl (C=O) groups excluding carboxylic acids is 1. The van der Waals surface area contributed by atoms with Crippen molar-refractivity contribution >= 4 is 11.5 Å². The molecule has 0 heterocycles. The molecule has 0 spiro atoms. The Labute approximate surface area is 125 Å². The summed E-state index contributed by atoms with van der Waals surface area (Å²) >= 11 is 0. The van der Waals surface area contributed by atoms with Crippen molar-refractivity contribution in [2.24, 2.45) is 0 Å². The number of benzene rings is 2. The number of hydrogen-bond acceptors (Lipinski definition) is 3. The molecule has 0 fully saturated rings. The minimum Gasteiger partial charge on any atom is -0.380 e. The summed E-state index contributed by atoms with van der Waals surface area (Å²) in [5.74, 6) is -0.271. The lowest BCUT2D eigenvalue weighted by Crippen LogP contribution is -2.21. The lowest BCUT2D eigenvalue weighted by Gasteiger charge is -2.21. The fourth-order valence-corrected chi connectivity index (χ4v) is 2.37. The van der Waals surface area contributed by atoms with E-state index in [0.29, 0.717) is 11.1 Å². The smallest absolute Gasteiger partial charge is 0.195 e. The van der Waals surface area contributed by atoms with Crippen molar-refractivity contribution in [1.29, 1.82) is 0 Å². The molecule has 1 N–H and O–H groups in total. The van der Waals surface area contributed by atoms with Crippen LogP contribution in [0.25, 0.3) is 0 Å². The molecule has 0 aromatic heterocycles. The number of hydrogen-bond donors (Lipinski definition) is 1. The van der Waals surface area contributed by atoms with Crippen LogP contribution in [0.1, 0.15) is 35.9 Å². The highest BCUT2D eigenvalue weighted by Crippen LogP contribution is 2.21.